The molecule has 10 fully saturated rings. The van der Waals surface area contributed by atoms with E-state index in [1.807, 2.05) is 6.92 Å². The van der Waals surface area contributed by atoms with E-state index >= 15 is 0 Å². The summed E-state index contributed by atoms with van der Waals surface area (Å²) >= 11 is 0. The average molecular weight is 925 g/mol. The Hall–Kier alpha value is -4.78. The number of fused-ring (bicyclic) bond motifs is 6. The molecule has 0 spiro atoms. The molecule has 19 heteroatoms. The van der Waals surface area contributed by atoms with Gasteiger partial charge in [-0.1, -0.05) is 13.8 Å². The first-order valence-electron chi connectivity index (χ1n) is 23.7. The molecule has 0 amide bonds. The highest BCUT2D eigenvalue weighted by Crippen LogP contribution is 2.70. The number of hydrogen-bond donors (Lipinski definition) is 2. The zero-order chi connectivity index (χ0) is 46.8. The third kappa shape index (κ3) is 6.69. The smallest absolute Gasteiger partial charge is 0.317 e. The highest BCUT2D eigenvalue weighted by atomic mass is 16.7. The summed E-state index contributed by atoms with van der Waals surface area (Å²) in [7, 11) is 1.10. The fraction of sp³-hybridized carbons (Fsp3) is 0.787. The fourth-order valence-electron chi connectivity index (χ4n) is 16.6. The van der Waals surface area contributed by atoms with Gasteiger partial charge < -0.3 is 43.4 Å². The van der Waals surface area contributed by atoms with E-state index in [4.69, 9.17) is 33.2 Å². The Bertz CT molecular complexity index is 2130. The van der Waals surface area contributed by atoms with Crippen LogP contribution in [0.15, 0.2) is 0 Å². The SMILES string of the molecule is COC(=O)C1C2CC(C1C(=O)O)C(C1C(=O)OC(=O)C1C)C2C1C(=O)OC(=O)C1C1C2CC(CC2C(=O)OCCO)C1C1C(=O)OC(=O)C1C1C(C)C2CC(C(=O)OC3CCCCO3)C1C2. The summed E-state index contributed by atoms with van der Waals surface area (Å²) in [6.07, 6.45) is 3.26. The van der Waals surface area contributed by atoms with E-state index in [2.05, 4.69) is 0 Å². The summed E-state index contributed by atoms with van der Waals surface area (Å²) in [5, 5.41) is 20.1. The molecule has 66 heavy (non-hydrogen) atoms. The van der Waals surface area contributed by atoms with E-state index in [1.54, 1.807) is 0 Å². The molecular weight excluding hydrogens is 868 g/mol. The van der Waals surface area contributed by atoms with E-state index in [1.165, 1.54) is 6.92 Å². The first-order valence-corrected chi connectivity index (χ1v) is 23.7. The molecule has 0 aromatic heterocycles. The summed E-state index contributed by atoms with van der Waals surface area (Å²) in [5.74, 6) is -28.2. The number of methoxy groups -OCH3 is 1. The van der Waals surface area contributed by atoms with Gasteiger partial charge in [0.25, 0.3) is 0 Å². The van der Waals surface area contributed by atoms with Gasteiger partial charge in [0.05, 0.1) is 79.5 Å². The fourth-order valence-corrected chi connectivity index (χ4v) is 16.6. The molecular formula is C47H56O19. The molecule has 0 aromatic carbocycles. The minimum absolute atomic E-state index is 0.0296. The molecule has 6 aliphatic carbocycles. The zero-order valence-electron chi connectivity index (χ0n) is 36.9. The predicted molar refractivity (Wildman–Crippen MR) is 212 cm³/mol. The van der Waals surface area contributed by atoms with Crippen molar-refractivity contribution < 1.29 is 91.3 Å². The number of carbonyl (C=O) groups is 10. The molecule has 4 saturated heterocycles. The molecule has 2 N–H and O–H groups in total. The number of aliphatic carboxylic acids is 1. The van der Waals surface area contributed by atoms with Crippen molar-refractivity contribution in [3.63, 3.8) is 0 Å². The molecule has 23 unspecified atom stereocenters. The average Bonchev–Trinajstić information content (AvgIpc) is 4.18. The molecule has 19 nitrogen and oxygen atoms in total. The second-order valence-electron chi connectivity index (χ2n) is 21.0. The summed E-state index contributed by atoms with van der Waals surface area (Å²) in [5.41, 5.74) is 0. The summed E-state index contributed by atoms with van der Waals surface area (Å²) in [4.78, 5) is 139. The van der Waals surface area contributed by atoms with Crippen LogP contribution in [-0.4, -0.2) is 103 Å². The second-order valence-corrected chi connectivity index (χ2v) is 21.0. The van der Waals surface area contributed by atoms with Gasteiger partial charge in [0.15, 0.2) is 0 Å². The van der Waals surface area contributed by atoms with Crippen LogP contribution in [0.5, 0.6) is 0 Å². The Morgan fingerprint density at radius 3 is 1.70 bits per heavy atom. The van der Waals surface area contributed by atoms with Crippen LogP contribution in [0, 0.1) is 130 Å². The van der Waals surface area contributed by atoms with Crippen LogP contribution in [0.4, 0.5) is 0 Å². The van der Waals surface area contributed by atoms with Gasteiger partial charge in [-0.25, -0.2) is 0 Å². The maximum Gasteiger partial charge on any atom is 0.317 e. The minimum Gasteiger partial charge on any atom is -0.481 e. The van der Waals surface area contributed by atoms with Crippen LogP contribution < -0.4 is 0 Å². The lowest BCUT2D eigenvalue weighted by atomic mass is 9.53. The summed E-state index contributed by atoms with van der Waals surface area (Å²) in [6.45, 7) is 3.17. The number of carboxylic acid groups (broad SMARTS) is 1. The first kappa shape index (κ1) is 45.0. The number of cyclic esters (lactones) is 6. The number of aliphatic hydroxyl groups excluding tert-OH is 1. The van der Waals surface area contributed by atoms with E-state index in [-0.39, 0.29) is 43.6 Å². The lowest BCUT2D eigenvalue weighted by Gasteiger charge is -2.46. The van der Waals surface area contributed by atoms with Crippen molar-refractivity contribution in [2.24, 2.45) is 130 Å². The van der Waals surface area contributed by atoms with Crippen LogP contribution >= 0.6 is 0 Å². The summed E-state index contributed by atoms with van der Waals surface area (Å²) < 4.78 is 38.3. The van der Waals surface area contributed by atoms with Crippen molar-refractivity contribution in [1.29, 1.82) is 0 Å². The molecule has 0 aromatic rings. The maximum absolute atomic E-state index is 14.6. The van der Waals surface area contributed by atoms with Crippen LogP contribution in [0.2, 0.25) is 0 Å². The van der Waals surface area contributed by atoms with Crippen LogP contribution in [-0.2, 0) is 81.1 Å². The number of hydrogen-bond acceptors (Lipinski definition) is 18. The standard InChI is InChI=1S/C47H56O19/c1-15-17-10-19(22(11-17)41(53)63-25-6-4-5-8-61-25)26(15)34-35(45(57)65-44(34)56)28-18-12-20(21(13-18)40(52)62-9-7-48)29(28)36-37(47(59)66-46(36)58)31-24-14-23(32(38(49)50)33(24)42(54)60-3)30(31)27-16(2)39(51)64-43(27)55/h15-37,48H,4-14H2,1-3H3,(H,49,50). The van der Waals surface area contributed by atoms with E-state index < -0.39 is 185 Å². The molecule has 6 bridgehead atoms. The molecule has 23 atom stereocenters. The van der Waals surface area contributed by atoms with Crippen LogP contribution in [0.1, 0.15) is 65.2 Å². The van der Waals surface area contributed by atoms with E-state index in [0.717, 1.165) is 20.0 Å². The van der Waals surface area contributed by atoms with Crippen LogP contribution in [0.25, 0.3) is 0 Å². The number of aliphatic hydroxyl groups is 1. The van der Waals surface area contributed by atoms with Gasteiger partial charge >= 0.3 is 59.7 Å². The summed E-state index contributed by atoms with van der Waals surface area (Å²) in [6, 6.07) is 0. The molecule has 4 heterocycles. The quantitative estimate of drug-likeness (QED) is 0.160. The second kappa shape index (κ2) is 16.8. The van der Waals surface area contributed by atoms with Crippen molar-refractivity contribution in [1.82, 2.24) is 0 Å². The topological polar surface area (TPSA) is 276 Å². The number of esters is 9. The zero-order valence-corrected chi connectivity index (χ0v) is 36.9. The Balaban J connectivity index is 1.05. The minimum atomic E-state index is -1.45. The normalized spacial score (nSPS) is 47.6. The number of ether oxygens (including phenoxy) is 7. The van der Waals surface area contributed by atoms with Gasteiger partial charge in [-0.05, 0) is 116 Å². The Kier molecular flexibility index (Phi) is 11.4. The Morgan fingerprint density at radius 1 is 0.591 bits per heavy atom. The largest absolute Gasteiger partial charge is 0.481 e. The van der Waals surface area contributed by atoms with Gasteiger partial charge in [-0.2, -0.15) is 0 Å². The first-order chi connectivity index (χ1) is 31.6. The van der Waals surface area contributed by atoms with Crippen molar-refractivity contribution in [2.75, 3.05) is 26.9 Å². The predicted octanol–water partition coefficient (Wildman–Crippen LogP) is 1.73. The number of carboxylic acids is 1. The lowest BCUT2D eigenvalue weighted by Crippen LogP contribution is -2.53. The van der Waals surface area contributed by atoms with Crippen molar-refractivity contribution in [3.8, 4) is 0 Å². The molecule has 10 aliphatic rings. The van der Waals surface area contributed by atoms with Crippen molar-refractivity contribution in [3.05, 3.63) is 0 Å². The molecule has 0 radical (unpaired) electrons. The molecule has 10 rings (SSSR count). The highest BCUT2D eigenvalue weighted by Gasteiger charge is 2.75. The molecule has 4 aliphatic heterocycles. The molecule has 358 valence electrons. The third-order valence-electron chi connectivity index (χ3n) is 18.7. The van der Waals surface area contributed by atoms with Gasteiger partial charge in [-0.15, -0.1) is 0 Å². The monoisotopic (exact) mass is 924 g/mol. The van der Waals surface area contributed by atoms with Crippen molar-refractivity contribution >= 4 is 59.7 Å². The highest BCUT2D eigenvalue weighted by molar-refractivity contribution is 6.00. The number of rotatable bonds is 12. The number of carbonyl (C=O) groups excluding carboxylic acids is 9. The van der Waals surface area contributed by atoms with Crippen molar-refractivity contribution in [2.45, 2.75) is 71.5 Å². The Labute approximate surface area is 378 Å². The van der Waals surface area contributed by atoms with Gasteiger partial charge in [0, 0.05) is 6.42 Å². The molecule has 6 saturated carbocycles. The van der Waals surface area contributed by atoms with Gasteiger partial charge in [-0.3, -0.25) is 47.9 Å². The van der Waals surface area contributed by atoms with E-state index in [9.17, 15) is 58.2 Å². The Morgan fingerprint density at radius 2 is 1.12 bits per heavy atom. The van der Waals surface area contributed by atoms with Crippen LogP contribution in [0.3, 0.4) is 0 Å². The van der Waals surface area contributed by atoms with E-state index in [0.29, 0.717) is 25.9 Å². The van der Waals surface area contributed by atoms with Gasteiger partial charge in [0.2, 0.25) is 6.29 Å². The van der Waals surface area contributed by atoms with Gasteiger partial charge in [0.1, 0.15) is 6.61 Å². The third-order valence-corrected chi connectivity index (χ3v) is 18.7. The lowest BCUT2D eigenvalue weighted by molar-refractivity contribution is -0.194. The maximum atomic E-state index is 14.6.